The third-order valence-corrected chi connectivity index (χ3v) is 7.16. The standard InChI is InChI=1S/C29H32ClFN2O2S/c1-3-21(2)32-29(35)27(17-22-10-5-4-6-11-22)33(18-23-12-9-14-25(30)16-23)28(34)20-36-19-24-13-7-8-15-26(24)31/h4-16,21,27H,3,17-20H2,1-2H3,(H,32,35)/t21-,27+/m0/s1. The smallest absolute Gasteiger partial charge is 0.243 e. The monoisotopic (exact) mass is 526 g/mol. The van der Waals surface area contributed by atoms with E-state index in [4.69, 9.17) is 11.6 Å². The van der Waals surface area contributed by atoms with Crippen LogP contribution in [0.5, 0.6) is 0 Å². The molecule has 190 valence electrons. The molecule has 0 bridgehead atoms. The lowest BCUT2D eigenvalue weighted by atomic mass is 10.0. The first-order chi connectivity index (χ1) is 17.4. The molecule has 0 aliphatic carbocycles. The Morgan fingerprint density at radius 3 is 2.39 bits per heavy atom. The molecule has 0 heterocycles. The number of carbonyl (C=O) groups is 2. The number of benzene rings is 3. The Morgan fingerprint density at radius 1 is 1.00 bits per heavy atom. The summed E-state index contributed by atoms with van der Waals surface area (Å²) in [5, 5.41) is 3.62. The fourth-order valence-corrected chi connectivity index (χ4v) is 4.88. The zero-order valence-electron chi connectivity index (χ0n) is 20.6. The first-order valence-electron chi connectivity index (χ1n) is 12.1. The summed E-state index contributed by atoms with van der Waals surface area (Å²) < 4.78 is 14.1. The number of thioether (sulfide) groups is 1. The summed E-state index contributed by atoms with van der Waals surface area (Å²) >= 11 is 7.55. The lowest BCUT2D eigenvalue weighted by Gasteiger charge is -2.32. The van der Waals surface area contributed by atoms with Gasteiger partial charge in [-0.3, -0.25) is 9.59 Å². The van der Waals surface area contributed by atoms with Gasteiger partial charge in [-0.05, 0) is 48.2 Å². The zero-order chi connectivity index (χ0) is 25.9. The predicted octanol–water partition coefficient (Wildman–Crippen LogP) is 6.27. The van der Waals surface area contributed by atoms with Crippen LogP contribution in [0, 0.1) is 5.82 Å². The number of halogens is 2. The summed E-state index contributed by atoms with van der Waals surface area (Å²) in [4.78, 5) is 28.7. The van der Waals surface area contributed by atoms with Gasteiger partial charge in [0.15, 0.2) is 0 Å². The van der Waals surface area contributed by atoms with Crippen LogP contribution in [0.3, 0.4) is 0 Å². The van der Waals surface area contributed by atoms with Crippen LogP contribution in [0.1, 0.15) is 37.0 Å². The number of amides is 2. The van der Waals surface area contributed by atoms with Crippen LogP contribution >= 0.6 is 23.4 Å². The van der Waals surface area contributed by atoms with Gasteiger partial charge in [-0.2, -0.15) is 0 Å². The molecule has 4 nitrogen and oxygen atoms in total. The van der Waals surface area contributed by atoms with Crippen LogP contribution in [0.4, 0.5) is 4.39 Å². The molecule has 0 spiro atoms. The van der Waals surface area contributed by atoms with Gasteiger partial charge in [-0.1, -0.05) is 79.2 Å². The van der Waals surface area contributed by atoms with Crippen LogP contribution in [0.15, 0.2) is 78.9 Å². The summed E-state index contributed by atoms with van der Waals surface area (Å²) in [7, 11) is 0. The van der Waals surface area contributed by atoms with Gasteiger partial charge in [0.1, 0.15) is 11.9 Å². The van der Waals surface area contributed by atoms with Gasteiger partial charge in [0, 0.05) is 29.8 Å². The van der Waals surface area contributed by atoms with Crippen LogP contribution in [-0.2, 0) is 28.3 Å². The fourth-order valence-electron chi connectivity index (χ4n) is 3.77. The number of nitrogens with one attached hydrogen (secondary N) is 1. The molecule has 1 N–H and O–H groups in total. The van der Waals surface area contributed by atoms with E-state index in [0.29, 0.717) is 22.8 Å². The summed E-state index contributed by atoms with van der Waals surface area (Å²) in [5.41, 5.74) is 2.35. The molecule has 2 amide bonds. The molecule has 0 aliphatic heterocycles. The van der Waals surface area contributed by atoms with Gasteiger partial charge < -0.3 is 10.2 Å². The molecule has 3 rings (SSSR count). The molecule has 3 aromatic rings. The van der Waals surface area contributed by atoms with Crippen molar-refractivity contribution < 1.29 is 14.0 Å². The molecule has 0 aromatic heterocycles. The van der Waals surface area contributed by atoms with E-state index in [1.54, 1.807) is 35.2 Å². The third-order valence-electron chi connectivity index (χ3n) is 5.96. The van der Waals surface area contributed by atoms with E-state index in [9.17, 15) is 14.0 Å². The van der Waals surface area contributed by atoms with E-state index < -0.39 is 6.04 Å². The van der Waals surface area contributed by atoms with E-state index in [-0.39, 0.29) is 36.0 Å². The lowest BCUT2D eigenvalue weighted by molar-refractivity contribution is -0.139. The average molecular weight is 527 g/mol. The van der Waals surface area contributed by atoms with Crippen molar-refractivity contribution in [2.24, 2.45) is 0 Å². The van der Waals surface area contributed by atoms with Crippen LogP contribution in [0.25, 0.3) is 0 Å². The zero-order valence-corrected chi connectivity index (χ0v) is 22.2. The van der Waals surface area contributed by atoms with Crippen molar-refractivity contribution in [2.45, 2.75) is 51.1 Å². The Labute approximate surface area is 222 Å². The van der Waals surface area contributed by atoms with Gasteiger partial charge >= 0.3 is 0 Å². The molecule has 0 aliphatic rings. The van der Waals surface area contributed by atoms with Crippen molar-refractivity contribution in [2.75, 3.05) is 5.75 Å². The van der Waals surface area contributed by atoms with Crippen molar-refractivity contribution >= 4 is 35.2 Å². The van der Waals surface area contributed by atoms with Crippen molar-refractivity contribution in [3.63, 3.8) is 0 Å². The number of hydrogen-bond acceptors (Lipinski definition) is 3. The molecule has 0 saturated carbocycles. The summed E-state index contributed by atoms with van der Waals surface area (Å²) in [6.45, 7) is 4.20. The van der Waals surface area contributed by atoms with Gasteiger partial charge in [0.25, 0.3) is 0 Å². The van der Waals surface area contributed by atoms with E-state index >= 15 is 0 Å². The summed E-state index contributed by atoms with van der Waals surface area (Å²) in [6.07, 6.45) is 1.16. The number of carbonyl (C=O) groups excluding carboxylic acids is 2. The highest BCUT2D eigenvalue weighted by atomic mass is 35.5. The second-order valence-electron chi connectivity index (χ2n) is 8.76. The highest BCUT2D eigenvalue weighted by Crippen LogP contribution is 2.21. The van der Waals surface area contributed by atoms with Gasteiger partial charge in [-0.25, -0.2) is 4.39 Å². The van der Waals surface area contributed by atoms with Crippen molar-refractivity contribution in [1.29, 1.82) is 0 Å². The second-order valence-corrected chi connectivity index (χ2v) is 10.2. The Hall–Kier alpha value is -2.83. The molecule has 0 unspecified atom stereocenters. The molecule has 3 aromatic carbocycles. The summed E-state index contributed by atoms with van der Waals surface area (Å²) in [5.74, 6) is -0.176. The molecular weight excluding hydrogens is 495 g/mol. The first-order valence-corrected chi connectivity index (χ1v) is 13.6. The Morgan fingerprint density at radius 2 is 1.69 bits per heavy atom. The highest BCUT2D eigenvalue weighted by molar-refractivity contribution is 7.99. The fraction of sp³-hybridized carbons (Fsp3) is 0.310. The Balaban J connectivity index is 1.86. The molecule has 0 fully saturated rings. The van der Waals surface area contributed by atoms with Gasteiger partial charge in [0.05, 0.1) is 5.75 Å². The van der Waals surface area contributed by atoms with E-state index in [1.807, 2.05) is 56.3 Å². The quantitative estimate of drug-likeness (QED) is 0.303. The average Bonchev–Trinajstić information content (AvgIpc) is 2.87. The minimum Gasteiger partial charge on any atom is -0.352 e. The largest absolute Gasteiger partial charge is 0.352 e. The van der Waals surface area contributed by atoms with E-state index in [0.717, 1.165) is 17.5 Å². The number of rotatable bonds is 12. The van der Waals surface area contributed by atoms with Crippen LogP contribution in [-0.4, -0.2) is 34.6 Å². The molecule has 36 heavy (non-hydrogen) atoms. The lowest BCUT2D eigenvalue weighted by Crippen LogP contribution is -2.52. The van der Waals surface area contributed by atoms with Gasteiger partial charge in [-0.15, -0.1) is 11.8 Å². The minimum atomic E-state index is -0.707. The van der Waals surface area contributed by atoms with Crippen molar-refractivity contribution in [1.82, 2.24) is 10.2 Å². The molecule has 7 heteroatoms. The maximum absolute atomic E-state index is 14.1. The van der Waals surface area contributed by atoms with Crippen LogP contribution < -0.4 is 5.32 Å². The van der Waals surface area contributed by atoms with Crippen molar-refractivity contribution in [3.05, 3.63) is 106 Å². The molecule has 0 saturated heterocycles. The Bertz CT molecular complexity index is 1140. The maximum atomic E-state index is 14.1. The van der Waals surface area contributed by atoms with Crippen molar-refractivity contribution in [3.8, 4) is 0 Å². The third kappa shape index (κ3) is 8.38. The van der Waals surface area contributed by atoms with E-state index in [1.165, 1.54) is 17.8 Å². The second kappa shape index (κ2) is 14.0. The summed E-state index contributed by atoms with van der Waals surface area (Å²) in [6, 6.07) is 22.8. The predicted molar refractivity (Wildman–Crippen MR) is 146 cm³/mol. The molecule has 0 radical (unpaired) electrons. The molecule has 2 atom stereocenters. The highest BCUT2D eigenvalue weighted by Gasteiger charge is 2.31. The number of hydrogen-bond donors (Lipinski definition) is 1. The SMILES string of the molecule is CC[C@H](C)NC(=O)[C@@H](Cc1ccccc1)N(Cc1cccc(Cl)c1)C(=O)CSCc1ccccc1F. The topological polar surface area (TPSA) is 49.4 Å². The normalized spacial score (nSPS) is 12.6. The van der Waals surface area contributed by atoms with E-state index in [2.05, 4.69) is 5.32 Å². The van der Waals surface area contributed by atoms with Crippen LogP contribution in [0.2, 0.25) is 5.02 Å². The maximum Gasteiger partial charge on any atom is 0.243 e. The minimum absolute atomic E-state index is 0.0191. The van der Waals surface area contributed by atoms with Gasteiger partial charge in [0.2, 0.25) is 11.8 Å². The Kier molecular flexibility index (Phi) is 10.8. The molecular formula is C29H32ClFN2O2S. The first kappa shape index (κ1) is 27.8. The number of nitrogens with zero attached hydrogens (tertiary/aromatic N) is 1.